The summed E-state index contributed by atoms with van der Waals surface area (Å²) in [6, 6.07) is 6.68. The molecule has 0 bridgehead atoms. The van der Waals surface area contributed by atoms with E-state index in [-0.39, 0.29) is 11.4 Å². The molecule has 1 saturated heterocycles. The lowest BCUT2D eigenvalue weighted by Gasteiger charge is -2.04. The Morgan fingerprint density at radius 1 is 1.58 bits per heavy atom. The minimum atomic E-state index is -0.170. The van der Waals surface area contributed by atoms with Gasteiger partial charge in [-0.2, -0.15) is 0 Å². The predicted octanol–water partition coefficient (Wildman–Crippen LogP) is 2.16. The standard InChI is InChI=1S/C10H11FO/c1-10(7-12-10)6-8-3-2-4-9(11)5-8/h2-5H,6-7H2,1H3. The van der Waals surface area contributed by atoms with Crippen LogP contribution in [0.25, 0.3) is 0 Å². The number of hydrogen-bond acceptors (Lipinski definition) is 1. The van der Waals surface area contributed by atoms with Crippen molar-refractivity contribution in [3.05, 3.63) is 35.6 Å². The molecule has 2 rings (SSSR count). The van der Waals surface area contributed by atoms with Gasteiger partial charge in [-0.25, -0.2) is 4.39 Å². The Balaban J connectivity index is 2.12. The molecule has 0 radical (unpaired) electrons. The first kappa shape index (κ1) is 7.74. The molecule has 1 aliphatic rings. The van der Waals surface area contributed by atoms with Crippen molar-refractivity contribution < 1.29 is 9.13 Å². The molecule has 1 aromatic rings. The third kappa shape index (κ3) is 1.64. The highest BCUT2D eigenvalue weighted by atomic mass is 19.1. The summed E-state index contributed by atoms with van der Waals surface area (Å²) < 4.78 is 17.9. The second kappa shape index (κ2) is 2.56. The van der Waals surface area contributed by atoms with Crippen LogP contribution in [0.3, 0.4) is 0 Å². The highest BCUT2D eigenvalue weighted by Gasteiger charge is 2.38. The van der Waals surface area contributed by atoms with Crippen molar-refractivity contribution in [2.75, 3.05) is 6.61 Å². The van der Waals surface area contributed by atoms with Gasteiger partial charge >= 0.3 is 0 Å². The molecule has 1 fully saturated rings. The lowest BCUT2D eigenvalue weighted by molar-refractivity contribution is 0.322. The van der Waals surface area contributed by atoms with Gasteiger partial charge in [0.15, 0.2) is 0 Å². The van der Waals surface area contributed by atoms with E-state index < -0.39 is 0 Å². The SMILES string of the molecule is CC1(Cc2cccc(F)c2)CO1. The first-order valence-electron chi connectivity index (χ1n) is 4.06. The van der Waals surface area contributed by atoms with Crippen molar-refractivity contribution in [2.45, 2.75) is 18.9 Å². The van der Waals surface area contributed by atoms with Gasteiger partial charge in [0.2, 0.25) is 0 Å². The molecular formula is C10H11FO. The van der Waals surface area contributed by atoms with Crippen LogP contribution in [-0.4, -0.2) is 12.2 Å². The molecule has 0 aromatic heterocycles. The van der Waals surface area contributed by atoms with E-state index in [2.05, 4.69) is 0 Å². The van der Waals surface area contributed by atoms with E-state index >= 15 is 0 Å². The lowest BCUT2D eigenvalue weighted by atomic mass is 10.0. The van der Waals surface area contributed by atoms with Crippen LogP contribution < -0.4 is 0 Å². The number of hydrogen-bond donors (Lipinski definition) is 0. The quantitative estimate of drug-likeness (QED) is 0.613. The fourth-order valence-corrected chi connectivity index (χ4v) is 1.30. The number of halogens is 1. The van der Waals surface area contributed by atoms with Crippen LogP contribution >= 0.6 is 0 Å². The lowest BCUT2D eigenvalue weighted by Crippen LogP contribution is -2.08. The molecule has 1 unspecified atom stereocenters. The normalized spacial score (nSPS) is 27.2. The summed E-state index contributed by atoms with van der Waals surface area (Å²) in [6.45, 7) is 2.83. The Morgan fingerprint density at radius 3 is 2.92 bits per heavy atom. The fourth-order valence-electron chi connectivity index (χ4n) is 1.30. The molecule has 1 aromatic carbocycles. The number of epoxide rings is 1. The van der Waals surface area contributed by atoms with Gasteiger partial charge in [0.25, 0.3) is 0 Å². The van der Waals surface area contributed by atoms with Crippen LogP contribution in [0.4, 0.5) is 4.39 Å². The summed E-state index contributed by atoms with van der Waals surface area (Å²) in [7, 11) is 0. The van der Waals surface area contributed by atoms with Crippen molar-refractivity contribution in [2.24, 2.45) is 0 Å². The average molecular weight is 166 g/mol. The first-order valence-corrected chi connectivity index (χ1v) is 4.06. The summed E-state index contributed by atoms with van der Waals surface area (Å²) in [6.07, 6.45) is 0.810. The summed E-state index contributed by atoms with van der Waals surface area (Å²) in [4.78, 5) is 0. The Hall–Kier alpha value is -0.890. The highest BCUT2D eigenvalue weighted by molar-refractivity contribution is 5.19. The Morgan fingerprint density at radius 2 is 2.33 bits per heavy atom. The molecule has 1 heterocycles. The number of rotatable bonds is 2. The Kier molecular flexibility index (Phi) is 1.65. The zero-order valence-electron chi connectivity index (χ0n) is 7.01. The van der Waals surface area contributed by atoms with Gasteiger partial charge in [-0.15, -0.1) is 0 Å². The molecule has 1 aliphatic heterocycles. The number of ether oxygens (including phenoxy) is 1. The summed E-state index contributed by atoms with van der Waals surface area (Å²) >= 11 is 0. The molecule has 0 amide bonds. The molecular weight excluding hydrogens is 155 g/mol. The van der Waals surface area contributed by atoms with Crippen LogP contribution in [-0.2, 0) is 11.2 Å². The fraction of sp³-hybridized carbons (Fsp3) is 0.400. The van der Waals surface area contributed by atoms with Gasteiger partial charge in [0, 0.05) is 6.42 Å². The van der Waals surface area contributed by atoms with Crippen LogP contribution in [0.1, 0.15) is 12.5 Å². The van der Waals surface area contributed by atoms with E-state index in [0.717, 1.165) is 18.6 Å². The molecule has 0 aliphatic carbocycles. The first-order chi connectivity index (χ1) is 5.68. The van der Waals surface area contributed by atoms with Crippen molar-refractivity contribution in [3.8, 4) is 0 Å². The zero-order chi connectivity index (χ0) is 8.60. The minimum Gasteiger partial charge on any atom is -0.370 e. The highest BCUT2D eigenvalue weighted by Crippen LogP contribution is 2.30. The van der Waals surface area contributed by atoms with Crippen molar-refractivity contribution in [1.82, 2.24) is 0 Å². The van der Waals surface area contributed by atoms with Crippen LogP contribution in [0.15, 0.2) is 24.3 Å². The van der Waals surface area contributed by atoms with E-state index in [1.807, 2.05) is 13.0 Å². The van der Waals surface area contributed by atoms with Crippen LogP contribution in [0, 0.1) is 5.82 Å². The third-order valence-electron chi connectivity index (χ3n) is 2.10. The second-order valence-electron chi connectivity index (χ2n) is 3.55. The van der Waals surface area contributed by atoms with Gasteiger partial charge in [-0.1, -0.05) is 12.1 Å². The number of benzene rings is 1. The van der Waals surface area contributed by atoms with Gasteiger partial charge in [0.05, 0.1) is 12.2 Å². The maximum Gasteiger partial charge on any atom is 0.123 e. The molecule has 1 nitrogen and oxygen atoms in total. The molecule has 64 valence electrons. The zero-order valence-corrected chi connectivity index (χ0v) is 7.01. The smallest absolute Gasteiger partial charge is 0.123 e. The van der Waals surface area contributed by atoms with Crippen LogP contribution in [0.5, 0.6) is 0 Å². The van der Waals surface area contributed by atoms with E-state index in [1.54, 1.807) is 12.1 Å². The summed E-state index contributed by atoms with van der Waals surface area (Å²) in [5.41, 5.74) is 0.989. The minimum absolute atomic E-state index is 0.0200. The van der Waals surface area contributed by atoms with Gasteiger partial charge < -0.3 is 4.74 Å². The Labute approximate surface area is 71.2 Å². The molecule has 0 spiro atoms. The maximum atomic E-state index is 12.7. The summed E-state index contributed by atoms with van der Waals surface area (Å²) in [5, 5.41) is 0. The van der Waals surface area contributed by atoms with Crippen LogP contribution in [0.2, 0.25) is 0 Å². The van der Waals surface area contributed by atoms with E-state index in [9.17, 15) is 4.39 Å². The van der Waals surface area contributed by atoms with Gasteiger partial charge in [-0.3, -0.25) is 0 Å². The van der Waals surface area contributed by atoms with E-state index in [4.69, 9.17) is 4.74 Å². The topological polar surface area (TPSA) is 12.5 Å². The molecule has 0 saturated carbocycles. The van der Waals surface area contributed by atoms with E-state index in [1.165, 1.54) is 6.07 Å². The monoisotopic (exact) mass is 166 g/mol. The average Bonchev–Trinajstić information content (AvgIpc) is 2.67. The maximum absolute atomic E-state index is 12.7. The largest absolute Gasteiger partial charge is 0.370 e. The summed E-state index contributed by atoms with van der Waals surface area (Å²) in [5.74, 6) is -0.170. The predicted molar refractivity (Wildman–Crippen MR) is 44.5 cm³/mol. The molecule has 0 N–H and O–H groups in total. The third-order valence-corrected chi connectivity index (χ3v) is 2.10. The Bertz CT molecular complexity index is 292. The van der Waals surface area contributed by atoms with Crippen molar-refractivity contribution in [3.63, 3.8) is 0 Å². The van der Waals surface area contributed by atoms with Crippen molar-refractivity contribution >= 4 is 0 Å². The van der Waals surface area contributed by atoms with Crippen molar-refractivity contribution in [1.29, 1.82) is 0 Å². The molecule has 1 atom stereocenters. The van der Waals surface area contributed by atoms with Gasteiger partial charge in [-0.05, 0) is 24.6 Å². The van der Waals surface area contributed by atoms with E-state index in [0.29, 0.717) is 0 Å². The molecule has 12 heavy (non-hydrogen) atoms. The van der Waals surface area contributed by atoms with Gasteiger partial charge in [0.1, 0.15) is 5.82 Å². The second-order valence-corrected chi connectivity index (χ2v) is 3.55. The molecule has 2 heteroatoms.